The molecule has 1 aliphatic carbocycles. The Morgan fingerprint density at radius 3 is 2.51 bits per heavy atom. The molecule has 0 spiro atoms. The molecular weight excluding hydrogens is 935 g/mol. The summed E-state index contributed by atoms with van der Waals surface area (Å²) in [5.41, 5.74) is 10.7. The lowest BCUT2D eigenvalue weighted by Gasteiger charge is -2.44. The van der Waals surface area contributed by atoms with Crippen molar-refractivity contribution >= 4 is 45.7 Å². The van der Waals surface area contributed by atoms with Crippen molar-refractivity contribution in [2.75, 3.05) is 90.9 Å². The number of fused-ring (bicyclic) bond motifs is 6. The van der Waals surface area contributed by atoms with E-state index >= 15 is 0 Å². The first-order chi connectivity index (χ1) is 34.9. The van der Waals surface area contributed by atoms with Crippen LogP contribution in [-0.4, -0.2) is 163 Å². The van der Waals surface area contributed by atoms with E-state index in [-0.39, 0.29) is 36.5 Å². The SMILES string of the molecule is CO[C@@H](C)c1ncc(N2CCN(C3CC3)CC2)cc1-c1c2c3cc(ccc3n1CCOC1CCOCC1)-c1csc(n1)[C@@H](N1CCC1)[C@H](NC(=O)[C@@H]1OC[C@@H]1C)C(=O)N1CCC[C@H](N1)C(=O)OCC(C)(C)C2. The second-order valence-electron chi connectivity index (χ2n) is 22.0. The van der Waals surface area contributed by atoms with Crippen LogP contribution in [0.3, 0.4) is 0 Å². The number of cyclic esters (lactones) is 1. The molecule has 11 rings (SSSR count). The maximum Gasteiger partial charge on any atom is 0.324 e. The standard InChI is InChI=1S/C54H73N9O8S/c1-33-30-70-49(33)50(64)57-46-48(61-15-7-16-61)51-56-43(31-72-51)35-9-12-44-39(26-35)41(28-54(3,4)32-71-53(66)42-8-6-17-63(58-42)52(46)65)47(62(44)22-25-69-38-13-23-68-24-14-38)40-27-37(29-55-45(40)34(2)67-5)60-20-18-59(19-21-60)36-10-11-36/h9,12,26-27,29,31,33-34,36,38,42,46,48-49,58H,6-8,10-11,13-25,28,30,32H2,1-5H3,(H,57,64)/t33-,34-,42-,46-,48-,49+/m0/s1. The molecule has 18 heteroatoms. The summed E-state index contributed by atoms with van der Waals surface area (Å²) in [6, 6.07) is 7.42. The third kappa shape index (κ3) is 10.2. The van der Waals surface area contributed by atoms with Gasteiger partial charge < -0.3 is 38.5 Å². The van der Waals surface area contributed by atoms with E-state index in [1.165, 1.54) is 29.2 Å². The molecule has 388 valence electrons. The van der Waals surface area contributed by atoms with Crippen LogP contribution in [0.5, 0.6) is 0 Å². The summed E-state index contributed by atoms with van der Waals surface area (Å²) in [5.74, 6) is -1.01. The van der Waals surface area contributed by atoms with Crippen molar-refractivity contribution in [3.8, 4) is 22.5 Å². The van der Waals surface area contributed by atoms with Crippen LogP contribution in [0.15, 0.2) is 35.8 Å². The van der Waals surface area contributed by atoms with E-state index in [1.54, 1.807) is 7.11 Å². The number of aromatic nitrogens is 3. The number of amides is 2. The highest BCUT2D eigenvalue weighted by atomic mass is 32.1. The zero-order valence-electron chi connectivity index (χ0n) is 42.7. The number of hydrogen-bond acceptors (Lipinski definition) is 15. The largest absolute Gasteiger partial charge is 0.464 e. The van der Waals surface area contributed by atoms with Crippen molar-refractivity contribution in [2.24, 2.45) is 11.3 Å². The summed E-state index contributed by atoms with van der Waals surface area (Å²) >= 11 is 1.51. The minimum atomic E-state index is -0.988. The molecule has 72 heavy (non-hydrogen) atoms. The van der Waals surface area contributed by atoms with Gasteiger partial charge in [0.25, 0.3) is 5.91 Å². The average Bonchev–Trinajstić information content (AvgIpc) is 4.05. The van der Waals surface area contributed by atoms with Crippen molar-refractivity contribution in [1.29, 1.82) is 0 Å². The third-order valence-corrected chi connectivity index (χ3v) is 17.1. The molecule has 0 radical (unpaired) electrons. The maximum absolute atomic E-state index is 14.9. The summed E-state index contributed by atoms with van der Waals surface area (Å²) < 4.78 is 32.9. The van der Waals surface area contributed by atoms with Gasteiger partial charge in [0.05, 0.1) is 67.0 Å². The number of thiazole rings is 1. The Morgan fingerprint density at radius 1 is 1.00 bits per heavy atom. The normalized spacial score (nSPS) is 27.2. The Hall–Kier alpha value is -4.53. The predicted octanol–water partition coefficient (Wildman–Crippen LogP) is 5.90. The smallest absolute Gasteiger partial charge is 0.324 e. The maximum atomic E-state index is 14.9. The summed E-state index contributed by atoms with van der Waals surface area (Å²) in [6.07, 6.45) is 8.19. The fraction of sp³-hybridized carbons (Fsp3) is 0.648. The number of methoxy groups -OCH3 is 1. The summed E-state index contributed by atoms with van der Waals surface area (Å²) in [4.78, 5) is 61.1. The van der Waals surface area contributed by atoms with Gasteiger partial charge in [-0.25, -0.2) is 10.4 Å². The first kappa shape index (κ1) is 49.7. The van der Waals surface area contributed by atoms with Crippen molar-refractivity contribution in [1.82, 2.24) is 40.1 Å². The van der Waals surface area contributed by atoms with Gasteiger partial charge in [0.1, 0.15) is 23.2 Å². The van der Waals surface area contributed by atoms with Gasteiger partial charge in [0.15, 0.2) is 0 Å². The molecule has 4 aromatic rings. The highest BCUT2D eigenvalue weighted by Gasteiger charge is 2.46. The molecule has 1 saturated carbocycles. The van der Waals surface area contributed by atoms with Crippen LogP contribution in [0.1, 0.15) is 101 Å². The topological polar surface area (TPSA) is 165 Å². The molecule has 7 aliphatic rings. The number of nitrogens with one attached hydrogen (secondary N) is 2. The van der Waals surface area contributed by atoms with Gasteiger partial charge in [0, 0.05) is 117 Å². The minimum Gasteiger partial charge on any atom is -0.464 e. The summed E-state index contributed by atoms with van der Waals surface area (Å²) in [6.45, 7) is 17.3. The van der Waals surface area contributed by atoms with Gasteiger partial charge in [0.2, 0.25) is 5.91 Å². The monoisotopic (exact) mass is 1010 g/mol. The number of pyridine rings is 1. The van der Waals surface area contributed by atoms with Crippen molar-refractivity contribution in [3.63, 3.8) is 0 Å². The Balaban J connectivity index is 1.06. The highest BCUT2D eigenvalue weighted by Crippen LogP contribution is 2.44. The molecule has 1 aromatic carbocycles. The molecule has 6 fully saturated rings. The van der Waals surface area contributed by atoms with Crippen LogP contribution in [0.4, 0.5) is 5.69 Å². The van der Waals surface area contributed by atoms with Gasteiger partial charge in [-0.2, -0.15) is 0 Å². The second kappa shape index (κ2) is 21.0. The molecule has 2 amide bonds. The average molecular weight is 1010 g/mol. The van der Waals surface area contributed by atoms with Crippen LogP contribution in [-0.2, 0) is 51.0 Å². The van der Waals surface area contributed by atoms with Gasteiger partial charge in [-0.05, 0) is 82.1 Å². The fourth-order valence-corrected chi connectivity index (χ4v) is 12.6. The summed E-state index contributed by atoms with van der Waals surface area (Å²) in [7, 11) is 1.74. The van der Waals surface area contributed by atoms with E-state index < -0.39 is 35.6 Å². The molecule has 6 bridgehead atoms. The lowest BCUT2D eigenvalue weighted by Crippen LogP contribution is -2.64. The number of piperazine rings is 1. The number of hydrazine groups is 1. The lowest BCUT2D eigenvalue weighted by molar-refractivity contribution is -0.163. The van der Waals surface area contributed by atoms with E-state index in [9.17, 15) is 14.4 Å². The quantitative estimate of drug-likeness (QED) is 0.161. The third-order valence-electron chi connectivity index (χ3n) is 16.2. The van der Waals surface area contributed by atoms with Crippen molar-refractivity contribution < 1.29 is 38.1 Å². The fourth-order valence-electron chi connectivity index (χ4n) is 11.6. The van der Waals surface area contributed by atoms with Crippen LogP contribution in [0.2, 0.25) is 0 Å². The van der Waals surface area contributed by atoms with Gasteiger partial charge in [-0.15, -0.1) is 11.3 Å². The number of esters is 1. The number of carbonyl (C=O) groups is 3. The van der Waals surface area contributed by atoms with E-state index in [1.807, 2.05) is 13.1 Å². The Labute approximate surface area is 427 Å². The zero-order valence-corrected chi connectivity index (χ0v) is 43.6. The van der Waals surface area contributed by atoms with Gasteiger partial charge >= 0.3 is 5.97 Å². The van der Waals surface area contributed by atoms with Crippen molar-refractivity contribution in [2.45, 2.75) is 128 Å². The minimum absolute atomic E-state index is 0.0300. The molecule has 17 nitrogen and oxygen atoms in total. The molecule has 2 N–H and O–H groups in total. The number of hydrogen-bond donors (Lipinski definition) is 2. The van der Waals surface area contributed by atoms with Gasteiger partial charge in [-0.3, -0.25) is 34.2 Å². The second-order valence-corrected chi connectivity index (χ2v) is 22.9. The number of ether oxygens (including phenoxy) is 5. The Bertz CT molecular complexity index is 2620. The van der Waals surface area contributed by atoms with E-state index in [2.05, 4.69) is 80.4 Å². The Morgan fingerprint density at radius 2 is 1.81 bits per heavy atom. The number of nitrogens with zero attached hydrogens (tertiary/aromatic N) is 7. The number of anilines is 1. The number of likely N-dealkylation sites (tertiary alicyclic amines) is 1. The number of carbonyl (C=O) groups excluding carboxylic acids is 3. The Kier molecular flexibility index (Phi) is 14.5. The van der Waals surface area contributed by atoms with Crippen LogP contribution >= 0.6 is 11.3 Å². The number of rotatable bonds is 12. The molecule has 5 saturated heterocycles. The molecular formula is C54H73N9O8S. The van der Waals surface area contributed by atoms with Gasteiger partial charge in [-0.1, -0.05) is 26.8 Å². The number of benzene rings is 1. The highest BCUT2D eigenvalue weighted by molar-refractivity contribution is 7.10. The van der Waals surface area contributed by atoms with Crippen molar-refractivity contribution in [3.05, 3.63) is 52.1 Å². The zero-order chi connectivity index (χ0) is 49.7. The van der Waals surface area contributed by atoms with Crippen LogP contribution in [0.25, 0.3) is 33.4 Å². The molecule has 6 aliphatic heterocycles. The predicted molar refractivity (Wildman–Crippen MR) is 274 cm³/mol. The molecule has 3 aromatic heterocycles. The lowest BCUT2D eigenvalue weighted by atomic mass is 9.84. The summed E-state index contributed by atoms with van der Waals surface area (Å²) in [5, 5.41) is 8.57. The van der Waals surface area contributed by atoms with Crippen LogP contribution < -0.4 is 15.6 Å². The van der Waals surface area contributed by atoms with Crippen LogP contribution in [0, 0.1) is 11.3 Å². The molecule has 6 atom stereocenters. The molecule has 0 unspecified atom stereocenters. The van der Waals surface area contributed by atoms with E-state index in [0.717, 1.165) is 120 Å². The van der Waals surface area contributed by atoms with E-state index in [4.69, 9.17) is 33.7 Å². The molecule has 9 heterocycles. The van der Waals surface area contributed by atoms with E-state index in [0.29, 0.717) is 58.8 Å². The first-order valence-electron chi connectivity index (χ1n) is 26.7. The first-order valence-corrected chi connectivity index (χ1v) is 27.5.